The number of para-hydroxylation sites is 2. The van der Waals surface area contributed by atoms with Crippen molar-refractivity contribution in [2.75, 3.05) is 23.8 Å². The zero-order valence-corrected chi connectivity index (χ0v) is 10.8. The van der Waals surface area contributed by atoms with Crippen LogP contribution < -0.4 is 15.4 Å². The lowest BCUT2D eigenvalue weighted by molar-refractivity contribution is 0.0982. The lowest BCUT2D eigenvalue weighted by Crippen LogP contribution is -2.32. The van der Waals surface area contributed by atoms with E-state index in [4.69, 9.17) is 10.5 Å². The number of rotatable bonds is 1. The summed E-state index contributed by atoms with van der Waals surface area (Å²) in [6, 6.07) is 7.47. The van der Waals surface area contributed by atoms with Crippen LogP contribution in [0, 0.1) is 0 Å². The molecule has 1 aliphatic heterocycles. The Morgan fingerprint density at radius 1 is 1.30 bits per heavy atom. The number of nitrogens with zero attached hydrogens (tertiary/aromatic N) is 3. The van der Waals surface area contributed by atoms with Crippen molar-refractivity contribution in [1.82, 2.24) is 9.97 Å². The number of hydrogen-bond donors (Lipinski definition) is 1. The molecule has 6 nitrogen and oxygen atoms in total. The predicted molar refractivity (Wildman–Crippen MR) is 74.7 cm³/mol. The van der Waals surface area contributed by atoms with Gasteiger partial charge in [-0.25, -0.2) is 4.98 Å². The third-order valence-corrected chi connectivity index (χ3v) is 3.06. The number of carbonyl (C=O) groups is 1. The van der Waals surface area contributed by atoms with Crippen LogP contribution in [0.2, 0.25) is 0 Å². The highest BCUT2D eigenvalue weighted by Gasteiger charge is 2.24. The molecule has 1 aromatic carbocycles. The lowest BCUT2D eigenvalue weighted by atomic mass is 10.2. The highest BCUT2D eigenvalue weighted by molar-refractivity contribution is 6.05. The smallest absolute Gasteiger partial charge is 0.278 e. The molecule has 0 spiro atoms. The topological polar surface area (TPSA) is 81.3 Å². The van der Waals surface area contributed by atoms with Crippen LogP contribution >= 0.6 is 0 Å². The van der Waals surface area contributed by atoms with E-state index in [0.717, 1.165) is 12.1 Å². The minimum atomic E-state index is -0.220. The Labute approximate surface area is 116 Å². The molecule has 2 heterocycles. The molecule has 0 unspecified atom stereocenters. The molecule has 2 aromatic rings. The zero-order chi connectivity index (χ0) is 13.9. The normalized spacial score (nSPS) is 14.1. The maximum atomic E-state index is 12.6. The average molecular weight is 270 g/mol. The van der Waals surface area contributed by atoms with Crippen molar-refractivity contribution in [2.45, 2.75) is 6.42 Å². The van der Waals surface area contributed by atoms with Gasteiger partial charge in [0.2, 0.25) is 0 Å². The van der Waals surface area contributed by atoms with E-state index < -0.39 is 0 Å². The Hall–Kier alpha value is -2.63. The summed E-state index contributed by atoms with van der Waals surface area (Å²) in [6.07, 6.45) is 3.60. The van der Waals surface area contributed by atoms with Crippen LogP contribution in [0.4, 0.5) is 11.5 Å². The van der Waals surface area contributed by atoms with Gasteiger partial charge in [0, 0.05) is 6.54 Å². The molecule has 1 amide bonds. The molecule has 0 aliphatic carbocycles. The lowest BCUT2D eigenvalue weighted by Gasteiger charge is -2.21. The molecule has 3 rings (SSSR count). The van der Waals surface area contributed by atoms with Gasteiger partial charge in [-0.1, -0.05) is 12.1 Å². The van der Waals surface area contributed by atoms with Crippen LogP contribution in [-0.2, 0) is 0 Å². The van der Waals surface area contributed by atoms with Gasteiger partial charge >= 0.3 is 0 Å². The van der Waals surface area contributed by atoms with Crippen LogP contribution in [0.3, 0.4) is 0 Å². The van der Waals surface area contributed by atoms with E-state index in [1.165, 1.54) is 12.4 Å². The minimum Gasteiger partial charge on any atom is -0.491 e. The molecular weight excluding hydrogens is 256 g/mol. The van der Waals surface area contributed by atoms with E-state index in [1.807, 2.05) is 24.3 Å². The van der Waals surface area contributed by atoms with Gasteiger partial charge in [-0.3, -0.25) is 9.78 Å². The predicted octanol–water partition coefficient (Wildman–Crippen LogP) is 1.49. The van der Waals surface area contributed by atoms with Crippen LogP contribution in [0.5, 0.6) is 5.75 Å². The Bertz CT molecular complexity index is 645. The molecule has 0 atom stereocenters. The summed E-state index contributed by atoms with van der Waals surface area (Å²) >= 11 is 0. The first-order valence-electron chi connectivity index (χ1n) is 6.37. The summed E-state index contributed by atoms with van der Waals surface area (Å²) in [5, 5.41) is 0. The second kappa shape index (κ2) is 5.16. The summed E-state index contributed by atoms with van der Waals surface area (Å²) < 4.78 is 5.63. The first-order chi connectivity index (χ1) is 9.75. The fourth-order valence-corrected chi connectivity index (χ4v) is 2.16. The van der Waals surface area contributed by atoms with E-state index in [2.05, 4.69) is 9.97 Å². The molecule has 1 aliphatic rings. The molecule has 0 saturated carbocycles. The number of fused-ring (bicyclic) bond motifs is 1. The number of hydrogen-bond acceptors (Lipinski definition) is 5. The number of aromatic nitrogens is 2. The largest absolute Gasteiger partial charge is 0.491 e. The summed E-state index contributed by atoms with van der Waals surface area (Å²) in [4.78, 5) is 22.2. The van der Waals surface area contributed by atoms with Gasteiger partial charge in [-0.2, -0.15) is 0 Å². The number of anilines is 2. The fraction of sp³-hybridized carbons (Fsp3) is 0.214. The molecule has 2 N–H and O–H groups in total. The Kier molecular flexibility index (Phi) is 3.20. The maximum Gasteiger partial charge on any atom is 0.278 e. The van der Waals surface area contributed by atoms with Gasteiger partial charge in [-0.15, -0.1) is 0 Å². The van der Waals surface area contributed by atoms with E-state index in [9.17, 15) is 4.79 Å². The van der Waals surface area contributed by atoms with Crippen molar-refractivity contribution in [2.24, 2.45) is 0 Å². The molecule has 0 radical (unpaired) electrons. The molecule has 6 heteroatoms. The average Bonchev–Trinajstić information content (AvgIpc) is 2.69. The van der Waals surface area contributed by atoms with Gasteiger partial charge in [0.15, 0.2) is 0 Å². The quantitative estimate of drug-likeness (QED) is 0.849. The molecule has 102 valence electrons. The van der Waals surface area contributed by atoms with Crippen molar-refractivity contribution in [3.63, 3.8) is 0 Å². The third kappa shape index (κ3) is 2.27. The highest BCUT2D eigenvalue weighted by atomic mass is 16.5. The van der Waals surface area contributed by atoms with Gasteiger partial charge in [-0.05, 0) is 18.6 Å². The van der Waals surface area contributed by atoms with Crippen molar-refractivity contribution >= 4 is 17.4 Å². The monoisotopic (exact) mass is 270 g/mol. The van der Waals surface area contributed by atoms with Crippen LogP contribution in [-0.4, -0.2) is 29.0 Å². The second-order valence-corrected chi connectivity index (χ2v) is 4.46. The number of ether oxygens (including phenoxy) is 1. The molecule has 0 bridgehead atoms. The Morgan fingerprint density at radius 3 is 3.00 bits per heavy atom. The number of carbonyl (C=O) groups excluding carboxylic acids is 1. The van der Waals surface area contributed by atoms with Crippen molar-refractivity contribution in [3.8, 4) is 5.75 Å². The summed E-state index contributed by atoms with van der Waals surface area (Å²) in [5.74, 6) is 0.716. The molecule has 0 fully saturated rings. The summed E-state index contributed by atoms with van der Waals surface area (Å²) in [6.45, 7) is 1.16. The maximum absolute atomic E-state index is 12.6. The van der Waals surface area contributed by atoms with E-state index in [1.54, 1.807) is 4.90 Å². The van der Waals surface area contributed by atoms with Crippen LogP contribution in [0.25, 0.3) is 0 Å². The van der Waals surface area contributed by atoms with E-state index >= 15 is 0 Å². The number of nitrogens with two attached hydrogens (primary N) is 1. The number of benzene rings is 1. The van der Waals surface area contributed by atoms with Gasteiger partial charge in [0.05, 0.1) is 24.7 Å². The van der Waals surface area contributed by atoms with Gasteiger partial charge in [0.1, 0.15) is 17.3 Å². The van der Waals surface area contributed by atoms with E-state index in [0.29, 0.717) is 18.9 Å². The number of nitrogen functional groups attached to an aromatic ring is 1. The molecule has 0 saturated heterocycles. The fourth-order valence-electron chi connectivity index (χ4n) is 2.16. The van der Waals surface area contributed by atoms with Crippen molar-refractivity contribution in [1.29, 1.82) is 0 Å². The highest BCUT2D eigenvalue weighted by Crippen LogP contribution is 2.31. The molecule has 20 heavy (non-hydrogen) atoms. The first kappa shape index (κ1) is 12.4. The van der Waals surface area contributed by atoms with E-state index in [-0.39, 0.29) is 17.4 Å². The van der Waals surface area contributed by atoms with Gasteiger partial charge < -0.3 is 15.4 Å². The number of amides is 1. The third-order valence-electron chi connectivity index (χ3n) is 3.06. The summed E-state index contributed by atoms with van der Waals surface area (Å²) in [5.41, 5.74) is 6.57. The minimum absolute atomic E-state index is 0.220. The zero-order valence-electron chi connectivity index (χ0n) is 10.8. The standard InChI is InChI=1S/C14H14N4O2/c15-13-9-16-8-10(17-13)14(19)18-6-3-7-20-12-5-2-1-4-11(12)18/h1-2,4-5,8-9H,3,6-7H2,(H2,15,17). The Balaban J connectivity index is 1.99. The van der Waals surface area contributed by atoms with Crippen molar-refractivity contribution < 1.29 is 9.53 Å². The molecule has 1 aromatic heterocycles. The van der Waals surface area contributed by atoms with Crippen molar-refractivity contribution in [3.05, 3.63) is 42.4 Å². The summed E-state index contributed by atoms with van der Waals surface area (Å²) in [7, 11) is 0. The first-order valence-corrected chi connectivity index (χ1v) is 6.37. The molecular formula is C14H14N4O2. The van der Waals surface area contributed by atoms with Crippen LogP contribution in [0.1, 0.15) is 16.9 Å². The second-order valence-electron chi connectivity index (χ2n) is 4.46. The van der Waals surface area contributed by atoms with Gasteiger partial charge in [0.25, 0.3) is 5.91 Å². The Morgan fingerprint density at radius 2 is 2.15 bits per heavy atom. The van der Waals surface area contributed by atoms with Crippen LogP contribution in [0.15, 0.2) is 36.7 Å². The SMILES string of the molecule is Nc1cncc(C(=O)N2CCCOc3ccccc32)n1.